The number of carbonyl (C=O) groups is 2. The number of nitrogens with one attached hydrogen (secondary N) is 1. The number of aromatic amines is 1. The summed E-state index contributed by atoms with van der Waals surface area (Å²) in [6, 6.07) is 13.0. The number of ether oxygens (including phenoxy) is 6. The number of carbonyl (C=O) groups excluding carboxylic acids is 1. The van der Waals surface area contributed by atoms with E-state index in [1.165, 1.54) is 7.11 Å². The maximum absolute atomic E-state index is 11.9. The number of rotatable bonds is 21. The van der Waals surface area contributed by atoms with Crippen LogP contribution >= 0.6 is 0 Å². The summed E-state index contributed by atoms with van der Waals surface area (Å²) < 4.78 is 35.0. The number of hydrogen-bond donors (Lipinski definition) is 2. The number of aryl methyl sites for hydroxylation is 2. The lowest BCUT2D eigenvalue weighted by Crippen LogP contribution is -2.32. The number of esters is 1. The quantitative estimate of drug-likeness (QED) is 0.0389. The fourth-order valence-electron chi connectivity index (χ4n) is 6.04. The van der Waals surface area contributed by atoms with Crippen molar-refractivity contribution in [3.63, 3.8) is 0 Å². The molecule has 19 nitrogen and oxygen atoms in total. The van der Waals surface area contributed by atoms with Gasteiger partial charge < -0.3 is 33.5 Å². The molecule has 0 aliphatic heterocycles. The minimum atomic E-state index is -1.18. The molecule has 0 amide bonds. The first-order valence-corrected chi connectivity index (χ1v) is 26.4. The molecule has 0 bridgehead atoms. The van der Waals surface area contributed by atoms with Crippen LogP contribution in [0.4, 0.5) is 0 Å². The lowest BCUT2D eigenvalue weighted by atomic mass is 9.95. The maximum atomic E-state index is 11.9. The predicted molar refractivity (Wildman–Crippen MR) is 263 cm³/mol. The second kappa shape index (κ2) is 23.0. The highest BCUT2D eigenvalue weighted by molar-refractivity contribution is 6.76. The highest BCUT2D eigenvalue weighted by Crippen LogP contribution is 2.29. The number of H-pyrrole nitrogens is 1. The van der Waals surface area contributed by atoms with Crippen LogP contribution in [-0.2, 0) is 25.8 Å². The van der Waals surface area contributed by atoms with Gasteiger partial charge in [-0.1, -0.05) is 19.6 Å². The average Bonchev–Trinajstić information content (AvgIpc) is 3.92. The molecular weight excluding hydrogens is 901 g/mol. The van der Waals surface area contributed by atoms with Gasteiger partial charge in [0, 0.05) is 73.9 Å². The minimum Gasteiger partial charge on any atom is -0.481 e. The van der Waals surface area contributed by atoms with Crippen molar-refractivity contribution in [3.8, 4) is 69.1 Å². The van der Waals surface area contributed by atoms with Crippen LogP contribution < -0.4 is 18.9 Å². The molecule has 6 aromatic heterocycles. The van der Waals surface area contributed by atoms with E-state index in [9.17, 15) is 14.7 Å². The average molecular weight is 967 g/mol. The van der Waals surface area contributed by atoms with E-state index in [-0.39, 0.29) is 38.1 Å². The molecule has 0 atom stereocenters. The number of aliphatic carboxylic acids is 1. The van der Waals surface area contributed by atoms with Crippen molar-refractivity contribution in [1.82, 2.24) is 49.9 Å². The molecule has 0 spiro atoms. The van der Waals surface area contributed by atoms with Crippen molar-refractivity contribution in [2.45, 2.75) is 114 Å². The summed E-state index contributed by atoms with van der Waals surface area (Å²) in [6.07, 6.45) is 6.78. The number of nitrogens with zero attached hydrogens (tertiary/aromatic N) is 9. The molecule has 6 heterocycles. The predicted octanol–water partition coefficient (Wildman–Crippen LogP) is 8.90. The summed E-state index contributed by atoms with van der Waals surface area (Å²) in [5.41, 5.74) is 4.88. The Morgan fingerprint density at radius 3 is 1.78 bits per heavy atom. The van der Waals surface area contributed by atoms with Crippen LogP contribution in [-0.4, -0.2) is 114 Å². The zero-order chi connectivity index (χ0) is 50.7. The molecule has 0 aromatic carbocycles. The van der Waals surface area contributed by atoms with E-state index < -0.39 is 24.9 Å². The van der Waals surface area contributed by atoms with Gasteiger partial charge in [-0.05, 0) is 111 Å². The highest BCUT2D eigenvalue weighted by Gasteiger charge is 2.30. The van der Waals surface area contributed by atoms with E-state index in [0.29, 0.717) is 42.0 Å². The van der Waals surface area contributed by atoms with Crippen LogP contribution in [0.25, 0.3) is 45.3 Å². The molecule has 69 heavy (non-hydrogen) atoms. The molecule has 0 saturated carbocycles. The van der Waals surface area contributed by atoms with Crippen LogP contribution in [0.15, 0.2) is 61.2 Å². The van der Waals surface area contributed by atoms with E-state index in [1.807, 2.05) is 71.9 Å². The van der Waals surface area contributed by atoms with Crippen molar-refractivity contribution in [2.75, 3.05) is 26.9 Å². The number of methoxy groups -OCH3 is 1. The van der Waals surface area contributed by atoms with E-state index >= 15 is 0 Å². The number of hydrogen-bond acceptors (Lipinski definition) is 16. The van der Waals surface area contributed by atoms with Gasteiger partial charge in [0.2, 0.25) is 11.8 Å². The third-order valence-corrected chi connectivity index (χ3v) is 12.0. The monoisotopic (exact) mass is 966 g/mol. The highest BCUT2D eigenvalue weighted by atomic mass is 28.3. The molecule has 0 radical (unpaired) electrons. The van der Waals surface area contributed by atoms with Crippen molar-refractivity contribution in [2.24, 2.45) is 10.8 Å². The normalized spacial score (nSPS) is 11.8. The summed E-state index contributed by atoms with van der Waals surface area (Å²) in [5, 5.41) is 20.7. The lowest BCUT2D eigenvalue weighted by molar-refractivity contribution is -0.152. The first-order valence-electron chi connectivity index (χ1n) is 22.7. The summed E-state index contributed by atoms with van der Waals surface area (Å²) in [6.45, 7) is 26.5. The summed E-state index contributed by atoms with van der Waals surface area (Å²) >= 11 is 0. The Morgan fingerprint density at radius 1 is 0.754 bits per heavy atom. The van der Waals surface area contributed by atoms with Crippen molar-refractivity contribution >= 4 is 20.0 Å². The molecule has 0 aliphatic rings. The Bertz CT molecular complexity index is 2640. The van der Waals surface area contributed by atoms with Crippen LogP contribution in [0, 0.1) is 24.7 Å². The molecule has 0 saturated heterocycles. The zero-order valence-electron chi connectivity index (χ0n) is 42.2. The van der Waals surface area contributed by atoms with Gasteiger partial charge in [0.05, 0.1) is 41.5 Å². The third-order valence-electron chi connectivity index (χ3n) is 10.3. The van der Waals surface area contributed by atoms with Gasteiger partial charge in [-0.3, -0.25) is 24.7 Å². The lowest BCUT2D eigenvalue weighted by Gasteiger charge is -2.21. The van der Waals surface area contributed by atoms with E-state index in [4.69, 9.17) is 28.4 Å². The molecule has 0 unspecified atom stereocenters. The largest absolute Gasteiger partial charge is 0.481 e. The maximum Gasteiger partial charge on any atom is 0.336 e. The summed E-state index contributed by atoms with van der Waals surface area (Å²) in [5.74, 6) is 0.646. The first-order chi connectivity index (χ1) is 32.4. The molecule has 20 heteroatoms. The molecular formula is C49H66N10O9Si. The first kappa shape index (κ1) is 53.2. The van der Waals surface area contributed by atoms with E-state index in [2.05, 4.69) is 64.8 Å². The molecule has 6 rings (SSSR count). The topological polar surface area (TPSA) is 234 Å². The van der Waals surface area contributed by atoms with Crippen LogP contribution in [0.2, 0.25) is 25.7 Å². The van der Waals surface area contributed by atoms with Gasteiger partial charge >= 0.3 is 24.0 Å². The molecule has 0 fully saturated rings. The fraction of sp³-hybridized carbons (Fsp3) is 0.469. The number of aromatic nitrogens is 10. The van der Waals surface area contributed by atoms with Crippen LogP contribution in [0.1, 0.15) is 66.5 Å². The Hall–Kier alpha value is -6.80. The SMILES string of the molecule is COC(=O)C(C)(C)COc1cc(C)c(-c2ccc(-c3nc(OC(C)C)n(COCC[Si](C)(C)C)n3)cn2)cn1.Cc1cc(OCC(C)(C)C(=O)O)ncc1-c1ccc(-c2nc(OC(C)C)n[nH]2)cn1. The molecule has 2 N–H and O–H groups in total. The fourth-order valence-corrected chi connectivity index (χ4v) is 6.80. The Morgan fingerprint density at radius 2 is 1.30 bits per heavy atom. The number of carboxylic acid groups (broad SMARTS) is 1. The number of carboxylic acids is 1. The standard InChI is InChI=1S/C28H41N5O5Si.C21H25N5O4/c1-19(2)38-27-31-25(32-33(27)18-36-12-13-39(7,8)9)21-10-11-23(29-15-21)22-16-30-24(14-20(22)3)37-17-28(4,5)26(34)35-6;1-12(2)30-20-24-18(25-26-20)14-6-7-16(22-9-14)15-10-23-17(8-13(15)3)29-11-21(4,5)19(27)28/h10-11,14-16,19H,12-13,17-18H2,1-9H3;6-10,12H,11H2,1-5H3,(H,27,28)(H,24,25,26). The van der Waals surface area contributed by atoms with Crippen molar-refractivity contribution in [3.05, 3.63) is 72.3 Å². The smallest absolute Gasteiger partial charge is 0.336 e. The minimum absolute atomic E-state index is 0.00761. The van der Waals surface area contributed by atoms with Gasteiger partial charge in [0.25, 0.3) is 0 Å². The van der Waals surface area contributed by atoms with Gasteiger partial charge in [-0.25, -0.2) is 9.97 Å². The van der Waals surface area contributed by atoms with Crippen molar-refractivity contribution in [1.29, 1.82) is 0 Å². The third kappa shape index (κ3) is 15.4. The van der Waals surface area contributed by atoms with Crippen molar-refractivity contribution < 1.29 is 43.1 Å². The summed E-state index contributed by atoms with van der Waals surface area (Å²) in [7, 11) is 0.186. The van der Waals surface area contributed by atoms with Gasteiger partial charge in [-0.2, -0.15) is 14.6 Å². The summed E-state index contributed by atoms with van der Waals surface area (Å²) in [4.78, 5) is 49.8. The van der Waals surface area contributed by atoms with Crippen LogP contribution in [0.5, 0.6) is 23.8 Å². The van der Waals surface area contributed by atoms with Gasteiger partial charge in [-0.15, -0.1) is 10.2 Å². The zero-order valence-corrected chi connectivity index (χ0v) is 43.2. The van der Waals surface area contributed by atoms with Gasteiger partial charge in [0.15, 0.2) is 11.6 Å². The molecule has 370 valence electrons. The Balaban J connectivity index is 0.000000266. The molecule has 6 aromatic rings. The molecule has 0 aliphatic carbocycles. The van der Waals surface area contributed by atoms with E-state index in [0.717, 1.165) is 50.8 Å². The van der Waals surface area contributed by atoms with Crippen LogP contribution in [0.3, 0.4) is 0 Å². The Kier molecular flexibility index (Phi) is 17.7. The Labute approximate surface area is 404 Å². The van der Waals surface area contributed by atoms with E-state index in [1.54, 1.807) is 63.2 Å². The number of pyridine rings is 4. The van der Waals surface area contributed by atoms with Gasteiger partial charge in [0.1, 0.15) is 19.9 Å². The second-order valence-corrected chi connectivity index (χ2v) is 25.2. The second-order valence-electron chi connectivity index (χ2n) is 19.5.